The molecule has 0 unspecified atom stereocenters. The standard InChI is InChI=1S/C23H26N2O3.C2HF3O/c26-21-13-17-14(11-19-16-6-3-4-8-23(16,17)9-10-24-19)12-20(21)25-18-7-2-1-5-15(18)22(27)28;3-2(4,5)1-6/h1-2,5,7,12-13,16,19,24-26H,3-4,6,8-11H2,(H,27,28);1H/t16-,19+,23+;/m1./s1. The first kappa shape index (κ1) is 24.1. The molecular weight excluding hydrogens is 449 g/mol. The van der Waals surface area contributed by atoms with Crippen LogP contribution in [0.1, 0.15) is 53.6 Å². The summed E-state index contributed by atoms with van der Waals surface area (Å²) < 4.78 is 31.2. The highest BCUT2D eigenvalue weighted by molar-refractivity contribution is 5.95. The van der Waals surface area contributed by atoms with Crippen molar-refractivity contribution >= 4 is 23.6 Å². The second kappa shape index (κ2) is 9.29. The Morgan fingerprint density at radius 3 is 2.59 bits per heavy atom. The Bertz CT molecular complexity index is 1080. The van der Waals surface area contributed by atoms with Gasteiger partial charge in [-0.3, -0.25) is 4.79 Å². The number of anilines is 2. The van der Waals surface area contributed by atoms with E-state index in [0.717, 1.165) is 19.4 Å². The number of alkyl halides is 3. The molecular formula is C25H27F3N2O4. The number of aromatic carboxylic acids is 1. The van der Waals surface area contributed by atoms with Gasteiger partial charge in [0.25, 0.3) is 0 Å². The van der Waals surface area contributed by atoms with Gasteiger partial charge in [-0.05, 0) is 73.5 Å². The van der Waals surface area contributed by atoms with Crippen molar-refractivity contribution in [3.63, 3.8) is 0 Å². The Balaban J connectivity index is 0.000000408. The van der Waals surface area contributed by atoms with Gasteiger partial charge in [0, 0.05) is 11.5 Å². The lowest BCUT2D eigenvalue weighted by Crippen LogP contribution is -2.59. The molecule has 3 atom stereocenters. The van der Waals surface area contributed by atoms with E-state index in [9.17, 15) is 28.2 Å². The largest absolute Gasteiger partial charge is 0.506 e. The third-order valence-corrected chi connectivity index (χ3v) is 7.32. The fraction of sp³-hybridized carbons (Fsp3) is 0.440. The second-order valence-corrected chi connectivity index (χ2v) is 9.18. The number of rotatable bonds is 3. The van der Waals surface area contributed by atoms with Crippen LogP contribution in [0.2, 0.25) is 0 Å². The maximum atomic E-state index is 11.5. The van der Waals surface area contributed by atoms with Gasteiger partial charge in [-0.25, -0.2) is 4.79 Å². The Kier molecular flexibility index (Phi) is 6.58. The summed E-state index contributed by atoms with van der Waals surface area (Å²) in [7, 11) is 0. The van der Waals surface area contributed by atoms with Gasteiger partial charge in [-0.1, -0.05) is 25.0 Å². The SMILES string of the molecule is O=C(O)c1ccccc1Nc1cc2c(cc1O)[C@]13CCCC[C@@H]1[C@H](C2)NCC3.O=CC(F)(F)F. The Morgan fingerprint density at radius 1 is 1.15 bits per heavy atom. The van der Waals surface area contributed by atoms with Crippen molar-refractivity contribution in [1.29, 1.82) is 0 Å². The fourth-order valence-electron chi connectivity index (χ4n) is 6.00. The topological polar surface area (TPSA) is 98.7 Å². The van der Waals surface area contributed by atoms with Crippen molar-refractivity contribution in [3.8, 4) is 5.75 Å². The Hall–Kier alpha value is -3.07. The number of aromatic hydroxyl groups is 1. The number of hydrogen-bond donors (Lipinski definition) is 4. The van der Waals surface area contributed by atoms with Gasteiger partial charge in [-0.2, -0.15) is 13.2 Å². The van der Waals surface area contributed by atoms with Gasteiger partial charge < -0.3 is 20.8 Å². The molecule has 0 aromatic heterocycles. The Morgan fingerprint density at radius 2 is 1.88 bits per heavy atom. The number of phenols is 1. The third kappa shape index (κ3) is 4.61. The van der Waals surface area contributed by atoms with Crippen molar-refractivity contribution in [2.45, 2.75) is 56.2 Å². The molecule has 0 spiro atoms. The Labute approximate surface area is 195 Å². The molecule has 3 aliphatic rings. The van der Waals surface area contributed by atoms with Crippen molar-refractivity contribution in [1.82, 2.24) is 5.32 Å². The number of phenolic OH excluding ortho intramolecular Hbond substituents is 1. The van der Waals surface area contributed by atoms with Crippen LogP contribution >= 0.6 is 0 Å². The van der Waals surface area contributed by atoms with Gasteiger partial charge in [0.1, 0.15) is 5.75 Å². The summed E-state index contributed by atoms with van der Waals surface area (Å²) in [5.74, 6) is -0.119. The van der Waals surface area contributed by atoms with E-state index in [1.807, 2.05) is 12.1 Å². The number of carbonyl (C=O) groups is 2. The van der Waals surface area contributed by atoms with E-state index in [4.69, 9.17) is 4.79 Å². The van der Waals surface area contributed by atoms with Crippen LogP contribution in [0.3, 0.4) is 0 Å². The number of benzene rings is 2. The minimum absolute atomic E-state index is 0.191. The minimum Gasteiger partial charge on any atom is -0.506 e. The first-order chi connectivity index (χ1) is 16.1. The number of carboxylic acid groups (broad SMARTS) is 1. The average molecular weight is 476 g/mol. The number of carboxylic acids is 1. The zero-order valence-corrected chi connectivity index (χ0v) is 18.5. The summed E-state index contributed by atoms with van der Waals surface area (Å²) in [6.45, 7) is 1.05. The van der Waals surface area contributed by atoms with E-state index in [-0.39, 0.29) is 16.7 Å². The number of halogens is 3. The van der Waals surface area contributed by atoms with Gasteiger partial charge in [0.2, 0.25) is 6.29 Å². The van der Waals surface area contributed by atoms with Crippen LogP contribution in [-0.4, -0.2) is 41.2 Å². The molecule has 2 aromatic rings. The lowest BCUT2D eigenvalue weighted by molar-refractivity contribution is -0.156. The molecule has 2 aliphatic carbocycles. The van der Waals surface area contributed by atoms with E-state index < -0.39 is 18.4 Å². The number of fused-ring (bicyclic) bond motifs is 1. The molecule has 1 saturated heterocycles. The van der Waals surface area contributed by atoms with Crippen molar-refractivity contribution < 1.29 is 33.0 Å². The van der Waals surface area contributed by atoms with Gasteiger partial charge >= 0.3 is 12.1 Å². The summed E-state index contributed by atoms with van der Waals surface area (Å²) >= 11 is 0. The molecule has 0 amide bonds. The van der Waals surface area contributed by atoms with E-state index in [1.165, 1.54) is 36.8 Å². The van der Waals surface area contributed by atoms with Crippen molar-refractivity contribution in [2.24, 2.45) is 5.92 Å². The molecule has 2 aromatic carbocycles. The summed E-state index contributed by atoms with van der Waals surface area (Å²) in [4.78, 5) is 20.2. The summed E-state index contributed by atoms with van der Waals surface area (Å²) in [5.41, 5.74) is 4.07. The summed E-state index contributed by atoms with van der Waals surface area (Å²) in [6.07, 6.45) is 1.44. The van der Waals surface area contributed by atoms with E-state index in [1.54, 1.807) is 24.3 Å². The second-order valence-electron chi connectivity index (χ2n) is 9.18. The minimum atomic E-state index is -4.64. The fourth-order valence-corrected chi connectivity index (χ4v) is 6.00. The molecule has 5 rings (SSSR count). The van der Waals surface area contributed by atoms with Crippen LogP contribution in [0, 0.1) is 5.92 Å². The maximum Gasteiger partial charge on any atom is 0.446 e. The molecule has 1 heterocycles. The number of hydrogen-bond acceptors (Lipinski definition) is 5. The maximum absolute atomic E-state index is 11.5. The third-order valence-electron chi connectivity index (χ3n) is 7.32. The van der Waals surface area contributed by atoms with Crippen molar-refractivity contribution in [3.05, 3.63) is 53.1 Å². The molecule has 6 nitrogen and oxygen atoms in total. The molecule has 34 heavy (non-hydrogen) atoms. The molecule has 182 valence electrons. The number of carbonyl (C=O) groups excluding carboxylic acids is 1. The predicted molar refractivity (Wildman–Crippen MR) is 121 cm³/mol. The van der Waals surface area contributed by atoms with E-state index in [0.29, 0.717) is 23.3 Å². The lowest BCUT2D eigenvalue weighted by atomic mass is 9.53. The molecule has 1 aliphatic heterocycles. The van der Waals surface area contributed by atoms with E-state index in [2.05, 4.69) is 10.6 Å². The van der Waals surface area contributed by atoms with Crippen molar-refractivity contribution in [2.75, 3.05) is 11.9 Å². The van der Waals surface area contributed by atoms with Gasteiger partial charge in [0.05, 0.1) is 16.9 Å². The van der Waals surface area contributed by atoms with E-state index >= 15 is 0 Å². The number of piperidine rings is 1. The van der Waals surface area contributed by atoms with Crippen LogP contribution in [0.4, 0.5) is 24.5 Å². The van der Waals surface area contributed by atoms with Gasteiger partial charge in [0.15, 0.2) is 0 Å². The van der Waals surface area contributed by atoms with Crippen LogP contribution in [-0.2, 0) is 16.6 Å². The zero-order valence-electron chi connectivity index (χ0n) is 18.5. The normalized spacial score (nSPS) is 25.1. The molecule has 0 radical (unpaired) electrons. The van der Waals surface area contributed by atoms with Crippen LogP contribution in [0.15, 0.2) is 36.4 Å². The number of nitrogens with one attached hydrogen (secondary N) is 2. The summed E-state index contributed by atoms with van der Waals surface area (Å²) in [6, 6.07) is 11.3. The average Bonchev–Trinajstić information content (AvgIpc) is 2.80. The number of aldehydes is 1. The predicted octanol–water partition coefficient (Wildman–Crippen LogP) is 4.93. The number of para-hydroxylation sites is 1. The smallest absolute Gasteiger partial charge is 0.446 e. The first-order valence-electron chi connectivity index (χ1n) is 11.4. The van der Waals surface area contributed by atoms with Crippen LogP contribution in [0.5, 0.6) is 5.75 Å². The zero-order chi connectivity index (χ0) is 24.5. The molecule has 2 bridgehead atoms. The van der Waals surface area contributed by atoms with Crippen LogP contribution < -0.4 is 10.6 Å². The van der Waals surface area contributed by atoms with Crippen LogP contribution in [0.25, 0.3) is 0 Å². The molecule has 1 saturated carbocycles. The quantitative estimate of drug-likeness (QED) is 0.371. The molecule has 9 heteroatoms. The highest BCUT2D eigenvalue weighted by Gasteiger charge is 2.51. The first-order valence-corrected chi connectivity index (χ1v) is 11.4. The summed E-state index contributed by atoms with van der Waals surface area (Å²) in [5, 5.41) is 27.1. The highest BCUT2D eigenvalue weighted by Crippen LogP contribution is 2.55. The monoisotopic (exact) mass is 476 g/mol. The molecule has 4 N–H and O–H groups in total. The molecule has 2 fully saturated rings. The highest BCUT2D eigenvalue weighted by atomic mass is 19.4. The van der Waals surface area contributed by atoms with Gasteiger partial charge in [-0.15, -0.1) is 0 Å². The lowest BCUT2D eigenvalue weighted by Gasteiger charge is -2.56.